The molecule has 0 bridgehead atoms. The van der Waals surface area contributed by atoms with E-state index in [2.05, 4.69) is 10.2 Å². The van der Waals surface area contributed by atoms with E-state index in [-0.39, 0.29) is 11.4 Å². The zero-order valence-electron chi connectivity index (χ0n) is 12.7. The number of hydrogen-bond donors (Lipinski definition) is 3. The normalized spacial score (nSPS) is 15.6. The maximum atomic E-state index is 12.2. The fourth-order valence-corrected chi connectivity index (χ4v) is 2.43. The summed E-state index contributed by atoms with van der Waals surface area (Å²) in [6.45, 7) is 5.66. The molecule has 7 heteroatoms. The van der Waals surface area contributed by atoms with E-state index in [4.69, 9.17) is 5.73 Å². The molecule has 1 fully saturated rings. The lowest BCUT2D eigenvalue weighted by atomic mass is 10.2. The van der Waals surface area contributed by atoms with Gasteiger partial charge in [-0.2, -0.15) is 0 Å². The highest BCUT2D eigenvalue weighted by molar-refractivity contribution is 6.39. The second-order valence-corrected chi connectivity index (χ2v) is 5.40. The number of aromatic hydroxyl groups is 1. The Morgan fingerprint density at radius 2 is 1.95 bits per heavy atom. The van der Waals surface area contributed by atoms with Crippen molar-refractivity contribution in [1.29, 1.82) is 0 Å². The third-order valence-corrected chi connectivity index (χ3v) is 3.70. The zero-order chi connectivity index (χ0) is 16.1. The summed E-state index contributed by atoms with van der Waals surface area (Å²) in [5.41, 5.74) is 6.64. The number of nitrogens with two attached hydrogens (primary N) is 1. The molecule has 1 saturated heterocycles. The second-order valence-electron chi connectivity index (χ2n) is 5.40. The average Bonchev–Trinajstić information content (AvgIpc) is 2.51. The highest BCUT2D eigenvalue weighted by Gasteiger charge is 2.26. The minimum absolute atomic E-state index is 0.0560. The van der Waals surface area contributed by atoms with Crippen LogP contribution in [0.2, 0.25) is 0 Å². The predicted octanol–water partition coefficient (Wildman–Crippen LogP) is -0.258. The Kier molecular flexibility index (Phi) is 5.35. The van der Waals surface area contributed by atoms with Gasteiger partial charge < -0.3 is 21.1 Å². The molecule has 4 N–H and O–H groups in total. The lowest BCUT2D eigenvalue weighted by Gasteiger charge is -2.34. The maximum absolute atomic E-state index is 12.2. The predicted molar refractivity (Wildman–Crippen MR) is 83.5 cm³/mol. The molecule has 7 nitrogen and oxygen atoms in total. The molecule has 0 aliphatic carbocycles. The van der Waals surface area contributed by atoms with Crippen molar-refractivity contribution in [3.8, 4) is 5.75 Å². The van der Waals surface area contributed by atoms with Gasteiger partial charge >= 0.3 is 11.8 Å². The van der Waals surface area contributed by atoms with Gasteiger partial charge in [0.15, 0.2) is 0 Å². The first kappa shape index (κ1) is 16.3. The summed E-state index contributed by atoms with van der Waals surface area (Å²) in [5.74, 6) is -1.36. The summed E-state index contributed by atoms with van der Waals surface area (Å²) < 4.78 is 0. The molecule has 2 rings (SSSR count). The van der Waals surface area contributed by atoms with Crippen molar-refractivity contribution in [2.75, 3.05) is 44.6 Å². The Bertz CT molecular complexity index is 554. The minimum Gasteiger partial charge on any atom is -0.506 e. The molecule has 0 unspecified atom stereocenters. The first-order chi connectivity index (χ1) is 10.5. The smallest absolute Gasteiger partial charge is 0.314 e. The van der Waals surface area contributed by atoms with Crippen molar-refractivity contribution in [3.05, 3.63) is 23.8 Å². The van der Waals surface area contributed by atoms with Gasteiger partial charge in [-0.25, -0.2) is 0 Å². The number of piperazine rings is 1. The number of hydrogen-bond acceptors (Lipinski definition) is 5. The van der Waals surface area contributed by atoms with Crippen LogP contribution in [-0.2, 0) is 9.59 Å². The van der Waals surface area contributed by atoms with Crippen molar-refractivity contribution in [1.82, 2.24) is 9.80 Å². The molecule has 1 heterocycles. The number of benzene rings is 1. The highest BCUT2D eigenvalue weighted by atomic mass is 16.3. The Balaban J connectivity index is 1.93. The molecule has 1 aliphatic rings. The number of rotatable bonds is 3. The molecule has 0 saturated carbocycles. The van der Waals surface area contributed by atoms with Gasteiger partial charge in [-0.15, -0.1) is 0 Å². The molecular formula is C15H22N4O3. The molecule has 1 aliphatic heterocycles. The van der Waals surface area contributed by atoms with E-state index in [1.165, 1.54) is 11.0 Å². The maximum Gasteiger partial charge on any atom is 0.314 e. The standard InChI is InChI=1S/C15H22N4O3/c1-11-2-3-13(20)12(10-11)17-14(21)15(22)19-8-6-18(5-4-16)7-9-19/h2-3,10,20H,4-9,16H2,1H3,(H,17,21). The van der Waals surface area contributed by atoms with Crippen LogP contribution in [0.25, 0.3) is 0 Å². The number of amides is 2. The largest absolute Gasteiger partial charge is 0.506 e. The van der Waals surface area contributed by atoms with Gasteiger partial charge in [0.2, 0.25) is 0 Å². The number of phenolic OH excluding ortho intramolecular Hbond substituents is 1. The molecule has 1 aromatic carbocycles. The van der Waals surface area contributed by atoms with E-state index in [9.17, 15) is 14.7 Å². The molecule has 0 aromatic heterocycles. The van der Waals surface area contributed by atoms with Gasteiger partial charge in [0.1, 0.15) is 5.75 Å². The highest BCUT2D eigenvalue weighted by Crippen LogP contribution is 2.23. The van der Waals surface area contributed by atoms with E-state index in [1.54, 1.807) is 12.1 Å². The Hall–Kier alpha value is -2.12. The molecule has 0 radical (unpaired) electrons. The summed E-state index contributed by atoms with van der Waals surface area (Å²) in [6, 6.07) is 4.84. The first-order valence-corrected chi connectivity index (χ1v) is 7.33. The van der Waals surface area contributed by atoms with Gasteiger partial charge in [0.25, 0.3) is 0 Å². The fraction of sp³-hybridized carbons (Fsp3) is 0.467. The van der Waals surface area contributed by atoms with E-state index in [1.807, 2.05) is 6.92 Å². The van der Waals surface area contributed by atoms with Crippen molar-refractivity contribution < 1.29 is 14.7 Å². The summed E-state index contributed by atoms with van der Waals surface area (Å²) in [6.07, 6.45) is 0. The molecule has 2 amide bonds. The summed E-state index contributed by atoms with van der Waals surface area (Å²) in [5, 5.41) is 12.2. The number of anilines is 1. The lowest BCUT2D eigenvalue weighted by Crippen LogP contribution is -2.52. The lowest BCUT2D eigenvalue weighted by molar-refractivity contribution is -0.144. The third kappa shape index (κ3) is 3.96. The van der Waals surface area contributed by atoms with Crippen LogP contribution < -0.4 is 11.1 Å². The average molecular weight is 306 g/mol. The van der Waals surface area contributed by atoms with E-state index >= 15 is 0 Å². The summed E-state index contributed by atoms with van der Waals surface area (Å²) in [7, 11) is 0. The van der Waals surface area contributed by atoms with Crippen LogP contribution in [0.15, 0.2) is 18.2 Å². The molecule has 0 atom stereocenters. The first-order valence-electron chi connectivity index (χ1n) is 7.33. The van der Waals surface area contributed by atoms with Gasteiger partial charge in [-0.1, -0.05) is 6.07 Å². The van der Waals surface area contributed by atoms with E-state index in [0.717, 1.165) is 12.1 Å². The Morgan fingerprint density at radius 3 is 2.59 bits per heavy atom. The van der Waals surface area contributed by atoms with Crippen molar-refractivity contribution in [2.45, 2.75) is 6.92 Å². The number of carbonyl (C=O) groups is 2. The topological polar surface area (TPSA) is 98.9 Å². The van der Waals surface area contributed by atoms with Crippen LogP contribution in [0.1, 0.15) is 5.56 Å². The quantitative estimate of drug-likeness (QED) is 0.528. The molecule has 120 valence electrons. The number of nitrogens with one attached hydrogen (secondary N) is 1. The molecule has 0 spiro atoms. The van der Waals surface area contributed by atoms with Crippen LogP contribution in [0.3, 0.4) is 0 Å². The number of nitrogens with zero attached hydrogens (tertiary/aromatic N) is 2. The van der Waals surface area contributed by atoms with Crippen molar-refractivity contribution in [2.24, 2.45) is 5.73 Å². The fourth-order valence-electron chi connectivity index (χ4n) is 2.43. The van der Waals surface area contributed by atoms with E-state index in [0.29, 0.717) is 32.7 Å². The SMILES string of the molecule is Cc1ccc(O)c(NC(=O)C(=O)N2CCN(CCN)CC2)c1. The van der Waals surface area contributed by atoms with Crippen LogP contribution in [-0.4, -0.2) is 66.0 Å². The Labute approximate surface area is 129 Å². The number of carbonyl (C=O) groups excluding carboxylic acids is 2. The van der Waals surface area contributed by atoms with E-state index < -0.39 is 11.8 Å². The van der Waals surface area contributed by atoms with Crippen molar-refractivity contribution >= 4 is 17.5 Å². The van der Waals surface area contributed by atoms with Crippen LogP contribution in [0, 0.1) is 6.92 Å². The van der Waals surface area contributed by atoms with Crippen LogP contribution in [0.4, 0.5) is 5.69 Å². The molecule has 1 aromatic rings. The monoisotopic (exact) mass is 306 g/mol. The van der Waals surface area contributed by atoms with Crippen LogP contribution >= 0.6 is 0 Å². The Morgan fingerprint density at radius 1 is 1.27 bits per heavy atom. The summed E-state index contributed by atoms with van der Waals surface area (Å²) >= 11 is 0. The van der Waals surface area contributed by atoms with Gasteiger partial charge in [-0.3, -0.25) is 14.5 Å². The van der Waals surface area contributed by atoms with Gasteiger partial charge in [0.05, 0.1) is 5.69 Å². The van der Waals surface area contributed by atoms with Crippen molar-refractivity contribution in [3.63, 3.8) is 0 Å². The zero-order valence-corrected chi connectivity index (χ0v) is 12.7. The van der Waals surface area contributed by atoms with Crippen LogP contribution in [0.5, 0.6) is 5.75 Å². The van der Waals surface area contributed by atoms with Gasteiger partial charge in [-0.05, 0) is 24.6 Å². The summed E-state index contributed by atoms with van der Waals surface area (Å²) in [4.78, 5) is 27.9. The second kappa shape index (κ2) is 7.24. The number of aryl methyl sites for hydroxylation is 1. The molecule has 22 heavy (non-hydrogen) atoms. The third-order valence-electron chi connectivity index (χ3n) is 3.70. The van der Waals surface area contributed by atoms with Gasteiger partial charge in [0, 0.05) is 39.3 Å². The molecular weight excluding hydrogens is 284 g/mol. The minimum atomic E-state index is -0.729. The number of phenols is 1.